The van der Waals surface area contributed by atoms with Crippen LogP contribution in [0.25, 0.3) is 0 Å². The lowest BCUT2D eigenvalue weighted by Crippen LogP contribution is -2.49. The number of halogens is 9. The van der Waals surface area contributed by atoms with E-state index >= 15 is 0 Å². The summed E-state index contributed by atoms with van der Waals surface area (Å²) < 4.78 is 103. The highest BCUT2D eigenvalue weighted by Crippen LogP contribution is 3.02. The summed E-state index contributed by atoms with van der Waals surface area (Å²) in [7, 11) is -9.88. The molecular formula is C12H14ClF8NS. The third-order valence-electron chi connectivity index (χ3n) is 3.85. The average Bonchev–Trinajstić information content (AvgIpc) is 2.36. The van der Waals surface area contributed by atoms with E-state index < -0.39 is 32.3 Å². The van der Waals surface area contributed by atoms with Gasteiger partial charge in [-0.3, -0.25) is 0 Å². The quantitative estimate of drug-likeness (QED) is 0.614. The summed E-state index contributed by atoms with van der Waals surface area (Å²) in [5, 5.41) is 2.73. The number of benzene rings is 1. The molecule has 1 saturated heterocycles. The smallest absolute Gasteiger partial charge is 0.317 e. The van der Waals surface area contributed by atoms with Crippen LogP contribution in [0.2, 0.25) is 0 Å². The van der Waals surface area contributed by atoms with Crippen molar-refractivity contribution in [1.29, 1.82) is 0 Å². The second-order valence-corrected chi connectivity index (χ2v) is 7.73. The molecule has 0 saturated carbocycles. The Labute approximate surface area is 133 Å². The molecule has 1 aromatic rings. The van der Waals surface area contributed by atoms with Gasteiger partial charge in [0.05, 0.1) is 5.41 Å². The first-order chi connectivity index (χ1) is 9.66. The third kappa shape index (κ3) is 4.03. The fourth-order valence-electron chi connectivity index (χ4n) is 2.62. The van der Waals surface area contributed by atoms with Crippen LogP contribution in [0.3, 0.4) is 0 Å². The van der Waals surface area contributed by atoms with Crippen molar-refractivity contribution >= 4 is 22.6 Å². The van der Waals surface area contributed by atoms with E-state index in [9.17, 15) is 32.6 Å². The summed E-state index contributed by atoms with van der Waals surface area (Å²) in [6.07, 6.45) is -5.39. The molecule has 0 amide bonds. The van der Waals surface area contributed by atoms with E-state index in [-0.39, 0.29) is 50.5 Å². The lowest BCUT2D eigenvalue weighted by molar-refractivity contribution is -0.197. The summed E-state index contributed by atoms with van der Waals surface area (Å²) in [5.74, 6) is 0. The van der Waals surface area contributed by atoms with Gasteiger partial charge in [-0.1, -0.05) is 31.6 Å². The van der Waals surface area contributed by atoms with E-state index in [1.165, 1.54) is 0 Å². The molecule has 136 valence electrons. The van der Waals surface area contributed by atoms with E-state index in [0.717, 1.165) is 0 Å². The molecule has 1 fully saturated rings. The first-order valence-corrected chi connectivity index (χ1v) is 8.23. The van der Waals surface area contributed by atoms with Crippen LogP contribution in [0, 0.1) is 0 Å². The fourth-order valence-corrected chi connectivity index (χ4v) is 3.27. The number of nitrogens with one attached hydrogen (secondary N) is 1. The van der Waals surface area contributed by atoms with Gasteiger partial charge in [-0.05, 0) is 43.6 Å². The van der Waals surface area contributed by atoms with Crippen molar-refractivity contribution in [3.8, 4) is 0 Å². The Bertz CT molecular complexity index is 559. The molecule has 1 N–H and O–H groups in total. The van der Waals surface area contributed by atoms with Crippen molar-refractivity contribution in [1.82, 2.24) is 5.32 Å². The molecule has 0 radical (unpaired) electrons. The van der Waals surface area contributed by atoms with Crippen LogP contribution in [0.15, 0.2) is 29.2 Å². The summed E-state index contributed by atoms with van der Waals surface area (Å²) >= 11 is 0. The summed E-state index contributed by atoms with van der Waals surface area (Å²) in [6.45, 7) is 0.0889. The van der Waals surface area contributed by atoms with Gasteiger partial charge in [-0.2, -0.15) is 13.2 Å². The molecule has 11 heteroatoms. The minimum Gasteiger partial charge on any atom is -0.317 e. The maximum absolute atomic E-state index is 13.4. The van der Waals surface area contributed by atoms with Gasteiger partial charge in [-0.15, -0.1) is 12.4 Å². The zero-order chi connectivity index (χ0) is 16.9. The summed E-state index contributed by atoms with van der Waals surface area (Å²) in [4.78, 5) is -2.19. The normalized spacial score (nSPS) is 21.7. The van der Waals surface area contributed by atoms with Crippen LogP contribution in [0.1, 0.15) is 18.4 Å². The molecule has 0 spiro atoms. The largest absolute Gasteiger partial charge is 0.398 e. The van der Waals surface area contributed by atoms with Gasteiger partial charge in [0.1, 0.15) is 4.90 Å². The zero-order valence-corrected chi connectivity index (χ0v) is 13.1. The van der Waals surface area contributed by atoms with Crippen LogP contribution >= 0.6 is 22.6 Å². The molecule has 2 rings (SSSR count). The molecule has 1 aromatic carbocycles. The summed E-state index contributed by atoms with van der Waals surface area (Å²) in [6, 6.07) is 1.08. The van der Waals surface area contributed by atoms with E-state index in [4.69, 9.17) is 0 Å². The number of alkyl halides is 3. The van der Waals surface area contributed by atoms with Crippen molar-refractivity contribution in [2.24, 2.45) is 0 Å². The van der Waals surface area contributed by atoms with E-state index in [0.29, 0.717) is 12.1 Å². The maximum Gasteiger partial charge on any atom is 0.398 e. The number of rotatable bonds is 2. The highest BCUT2D eigenvalue weighted by Gasteiger charge is 2.65. The molecule has 1 heterocycles. The van der Waals surface area contributed by atoms with Crippen LogP contribution in [-0.2, 0) is 5.41 Å². The lowest BCUT2D eigenvalue weighted by Gasteiger charge is -2.42. The molecule has 0 unspecified atom stereocenters. The lowest BCUT2D eigenvalue weighted by atomic mass is 9.72. The number of piperidine rings is 1. The van der Waals surface area contributed by atoms with Gasteiger partial charge >= 0.3 is 16.4 Å². The third-order valence-corrected chi connectivity index (χ3v) is 5.02. The highest BCUT2D eigenvalue weighted by molar-refractivity contribution is 8.45. The molecule has 0 atom stereocenters. The van der Waals surface area contributed by atoms with Crippen LogP contribution in [0.4, 0.5) is 32.6 Å². The molecule has 1 nitrogen and oxygen atoms in total. The average molecular weight is 392 g/mol. The molecule has 0 bridgehead atoms. The standard InChI is InChI=1S/C12H13F8NS.ClH/c13-12(14,15)11(5-7-21-8-6-11)9-1-3-10(4-2-9)22(16,17,18,19)20;/h1-4,21H,5-8H2;1H. The van der Waals surface area contributed by atoms with Gasteiger partial charge in [0.25, 0.3) is 0 Å². The predicted octanol–water partition coefficient (Wildman–Crippen LogP) is 5.95. The first kappa shape index (κ1) is 20.3. The zero-order valence-electron chi connectivity index (χ0n) is 11.5. The molecule has 1 aliphatic rings. The molecule has 0 aliphatic carbocycles. The predicted molar refractivity (Wildman–Crippen MR) is 74.9 cm³/mol. The van der Waals surface area contributed by atoms with Gasteiger partial charge in [0.2, 0.25) is 0 Å². The Hall–Kier alpha value is -0.740. The summed E-state index contributed by atoms with van der Waals surface area (Å²) in [5.41, 5.74) is -2.73. The van der Waals surface area contributed by atoms with Crippen molar-refractivity contribution in [3.63, 3.8) is 0 Å². The Kier molecular flexibility index (Phi) is 4.53. The van der Waals surface area contributed by atoms with Crippen molar-refractivity contribution < 1.29 is 32.6 Å². The Morgan fingerprint density at radius 3 is 1.65 bits per heavy atom. The maximum atomic E-state index is 13.4. The van der Waals surface area contributed by atoms with Crippen molar-refractivity contribution in [2.75, 3.05) is 13.1 Å². The van der Waals surface area contributed by atoms with Gasteiger partial charge in [0, 0.05) is 0 Å². The van der Waals surface area contributed by atoms with E-state index in [1.54, 1.807) is 0 Å². The second-order valence-electron chi connectivity index (χ2n) is 5.32. The van der Waals surface area contributed by atoms with Gasteiger partial charge in [0.15, 0.2) is 0 Å². The van der Waals surface area contributed by atoms with Crippen molar-refractivity contribution in [2.45, 2.75) is 29.3 Å². The number of hydrogen-bond acceptors (Lipinski definition) is 1. The van der Waals surface area contributed by atoms with Crippen LogP contribution in [-0.4, -0.2) is 19.3 Å². The number of hydrogen-bond donors (Lipinski definition) is 1. The minimum absolute atomic E-state index is 0. The Balaban J connectivity index is 0.00000264. The SMILES string of the molecule is Cl.FC(F)(F)C1(c2ccc(S(F)(F)(F)(F)F)cc2)CCNCC1. The Morgan fingerprint density at radius 1 is 0.870 bits per heavy atom. The first-order valence-electron chi connectivity index (χ1n) is 6.28. The monoisotopic (exact) mass is 391 g/mol. The second kappa shape index (κ2) is 5.13. The van der Waals surface area contributed by atoms with E-state index in [1.807, 2.05) is 0 Å². The van der Waals surface area contributed by atoms with Crippen LogP contribution < -0.4 is 5.32 Å². The Morgan fingerprint density at radius 2 is 1.30 bits per heavy atom. The molecular weight excluding hydrogens is 378 g/mol. The van der Waals surface area contributed by atoms with Gasteiger partial charge < -0.3 is 5.32 Å². The molecule has 23 heavy (non-hydrogen) atoms. The highest BCUT2D eigenvalue weighted by atomic mass is 35.5. The van der Waals surface area contributed by atoms with Crippen molar-refractivity contribution in [3.05, 3.63) is 29.8 Å². The van der Waals surface area contributed by atoms with E-state index in [2.05, 4.69) is 5.32 Å². The van der Waals surface area contributed by atoms with Gasteiger partial charge in [-0.25, -0.2) is 0 Å². The molecule has 0 aromatic heterocycles. The fraction of sp³-hybridized carbons (Fsp3) is 0.500. The minimum atomic E-state index is -9.88. The topological polar surface area (TPSA) is 12.0 Å². The molecule has 1 aliphatic heterocycles. The van der Waals surface area contributed by atoms with Crippen LogP contribution in [0.5, 0.6) is 0 Å².